The number of amides is 1. The van der Waals surface area contributed by atoms with Gasteiger partial charge in [-0.25, -0.2) is 0 Å². The van der Waals surface area contributed by atoms with Gasteiger partial charge < -0.3 is 19.5 Å². The zero-order chi connectivity index (χ0) is 21.3. The van der Waals surface area contributed by atoms with Gasteiger partial charge in [-0.3, -0.25) is 9.69 Å². The first kappa shape index (κ1) is 22.2. The van der Waals surface area contributed by atoms with E-state index in [4.69, 9.17) is 25.8 Å². The number of hydrogen-bond acceptors (Lipinski definition) is 5. The van der Waals surface area contributed by atoms with Crippen molar-refractivity contribution in [3.05, 3.63) is 64.7 Å². The molecule has 0 bridgehead atoms. The van der Waals surface area contributed by atoms with Crippen LogP contribution in [0.4, 0.5) is 0 Å². The summed E-state index contributed by atoms with van der Waals surface area (Å²) in [6.07, 6.45) is 3.28. The van der Waals surface area contributed by atoms with E-state index >= 15 is 0 Å². The lowest BCUT2D eigenvalue weighted by atomic mass is 10.0. The molecule has 0 radical (unpaired) electrons. The van der Waals surface area contributed by atoms with Gasteiger partial charge in [-0.05, 0) is 41.5 Å². The van der Waals surface area contributed by atoms with Crippen molar-refractivity contribution in [1.29, 1.82) is 0 Å². The quantitative estimate of drug-likeness (QED) is 0.649. The molecule has 1 fully saturated rings. The highest BCUT2D eigenvalue weighted by molar-refractivity contribution is 6.30. The topological polar surface area (TPSA) is 60.0 Å². The third-order valence-electron chi connectivity index (χ3n) is 5.05. The molecule has 2 aromatic carbocycles. The van der Waals surface area contributed by atoms with Crippen molar-refractivity contribution in [2.75, 3.05) is 47.1 Å². The fourth-order valence-corrected chi connectivity index (χ4v) is 3.54. The fourth-order valence-electron chi connectivity index (χ4n) is 3.42. The second-order valence-electron chi connectivity index (χ2n) is 6.91. The zero-order valence-corrected chi connectivity index (χ0v) is 18.0. The summed E-state index contributed by atoms with van der Waals surface area (Å²) in [6, 6.07) is 13.3. The standard InChI is InChI=1S/C23H27ClN2O4/c1-28-21-9-3-17(15-22(21)29-2)4-10-23(27)25-16-20(26-11-13-30-14-12-26)18-5-7-19(24)8-6-18/h3-10,15,20H,11-14,16H2,1-2H3,(H,25,27)/b10-4+. The van der Waals surface area contributed by atoms with Crippen LogP contribution in [0.1, 0.15) is 17.2 Å². The Balaban J connectivity index is 1.65. The lowest BCUT2D eigenvalue weighted by Crippen LogP contribution is -2.43. The Bertz CT molecular complexity index is 864. The molecule has 1 atom stereocenters. The minimum Gasteiger partial charge on any atom is -0.493 e. The molecule has 3 rings (SSSR count). The van der Waals surface area contributed by atoms with Gasteiger partial charge in [0, 0.05) is 30.7 Å². The highest BCUT2D eigenvalue weighted by atomic mass is 35.5. The third-order valence-corrected chi connectivity index (χ3v) is 5.30. The maximum Gasteiger partial charge on any atom is 0.244 e. The van der Waals surface area contributed by atoms with E-state index in [1.165, 1.54) is 6.08 Å². The number of methoxy groups -OCH3 is 2. The molecule has 1 aliphatic rings. The van der Waals surface area contributed by atoms with Gasteiger partial charge in [0.15, 0.2) is 11.5 Å². The number of rotatable bonds is 8. The Morgan fingerprint density at radius 3 is 2.50 bits per heavy atom. The van der Waals surface area contributed by atoms with Crippen molar-refractivity contribution in [1.82, 2.24) is 10.2 Å². The molecule has 6 nitrogen and oxygen atoms in total. The highest BCUT2D eigenvalue weighted by Crippen LogP contribution is 2.28. The van der Waals surface area contributed by atoms with E-state index in [9.17, 15) is 4.79 Å². The van der Waals surface area contributed by atoms with Crippen LogP contribution in [0.15, 0.2) is 48.5 Å². The number of nitrogens with zero attached hydrogens (tertiary/aromatic N) is 1. The summed E-state index contributed by atoms with van der Waals surface area (Å²) in [5.74, 6) is 1.11. The molecule has 7 heteroatoms. The second-order valence-corrected chi connectivity index (χ2v) is 7.35. The van der Waals surface area contributed by atoms with E-state index in [-0.39, 0.29) is 11.9 Å². The molecule has 30 heavy (non-hydrogen) atoms. The summed E-state index contributed by atoms with van der Waals surface area (Å²) in [7, 11) is 3.17. The largest absolute Gasteiger partial charge is 0.493 e. The highest BCUT2D eigenvalue weighted by Gasteiger charge is 2.23. The zero-order valence-electron chi connectivity index (χ0n) is 17.3. The molecule has 1 amide bonds. The lowest BCUT2D eigenvalue weighted by molar-refractivity contribution is -0.116. The van der Waals surface area contributed by atoms with Crippen LogP contribution in [0.3, 0.4) is 0 Å². The van der Waals surface area contributed by atoms with Crippen LogP contribution < -0.4 is 14.8 Å². The molecule has 160 valence electrons. The molecule has 0 aromatic heterocycles. The summed E-state index contributed by atoms with van der Waals surface area (Å²) >= 11 is 6.04. The molecule has 0 spiro atoms. The van der Waals surface area contributed by atoms with Crippen molar-refractivity contribution in [3.8, 4) is 11.5 Å². The Labute approximate surface area is 182 Å². The van der Waals surface area contributed by atoms with Gasteiger partial charge in [0.25, 0.3) is 0 Å². The summed E-state index contributed by atoms with van der Waals surface area (Å²) in [4.78, 5) is 14.8. The third kappa shape index (κ3) is 5.98. The van der Waals surface area contributed by atoms with Gasteiger partial charge in [0.05, 0.1) is 33.5 Å². The van der Waals surface area contributed by atoms with Crippen LogP contribution in [0.25, 0.3) is 6.08 Å². The van der Waals surface area contributed by atoms with Crippen molar-refractivity contribution in [2.24, 2.45) is 0 Å². The molecule has 2 aromatic rings. The first-order valence-electron chi connectivity index (χ1n) is 9.86. The number of morpholine rings is 1. The maximum atomic E-state index is 12.4. The van der Waals surface area contributed by atoms with Gasteiger partial charge in [0.2, 0.25) is 5.91 Å². The molecule has 1 saturated heterocycles. The molecule has 1 aliphatic heterocycles. The number of carbonyl (C=O) groups is 1. The average Bonchev–Trinajstić information content (AvgIpc) is 2.79. The molecule has 0 aliphatic carbocycles. The van der Waals surface area contributed by atoms with Gasteiger partial charge >= 0.3 is 0 Å². The van der Waals surface area contributed by atoms with Crippen LogP contribution in [-0.2, 0) is 9.53 Å². The number of nitrogens with one attached hydrogen (secondary N) is 1. The normalized spacial score (nSPS) is 15.7. The molecular formula is C23H27ClN2O4. The maximum absolute atomic E-state index is 12.4. The number of benzene rings is 2. The van der Waals surface area contributed by atoms with Crippen molar-refractivity contribution in [3.63, 3.8) is 0 Å². The summed E-state index contributed by atoms with van der Waals surface area (Å²) in [5.41, 5.74) is 1.97. The Morgan fingerprint density at radius 2 is 1.83 bits per heavy atom. The predicted molar refractivity (Wildman–Crippen MR) is 118 cm³/mol. The summed E-state index contributed by atoms with van der Waals surface area (Å²) in [5, 5.41) is 3.71. The Kier molecular flexibility index (Phi) is 8.13. The summed E-state index contributed by atoms with van der Waals surface area (Å²) < 4.78 is 16.0. The van der Waals surface area contributed by atoms with E-state index in [2.05, 4.69) is 10.2 Å². The van der Waals surface area contributed by atoms with Gasteiger partial charge in [0.1, 0.15) is 0 Å². The van der Waals surface area contributed by atoms with Crippen LogP contribution in [0.2, 0.25) is 5.02 Å². The number of ether oxygens (including phenoxy) is 3. The monoisotopic (exact) mass is 430 g/mol. The molecular weight excluding hydrogens is 404 g/mol. The fraction of sp³-hybridized carbons (Fsp3) is 0.348. The Hall–Kier alpha value is -2.54. The predicted octanol–water partition coefficient (Wildman–Crippen LogP) is 3.56. The van der Waals surface area contributed by atoms with Crippen LogP contribution in [-0.4, -0.2) is 57.9 Å². The van der Waals surface area contributed by atoms with E-state index < -0.39 is 0 Å². The first-order chi connectivity index (χ1) is 14.6. The van der Waals surface area contributed by atoms with E-state index in [1.54, 1.807) is 20.3 Å². The van der Waals surface area contributed by atoms with Crippen LogP contribution in [0, 0.1) is 0 Å². The summed E-state index contributed by atoms with van der Waals surface area (Å²) in [6.45, 7) is 3.53. The van der Waals surface area contributed by atoms with Crippen LogP contribution >= 0.6 is 11.6 Å². The van der Waals surface area contributed by atoms with E-state index in [0.717, 1.165) is 24.2 Å². The van der Waals surface area contributed by atoms with Crippen molar-refractivity contribution < 1.29 is 19.0 Å². The molecule has 1 N–H and O–H groups in total. The number of carbonyl (C=O) groups excluding carboxylic acids is 1. The minimum absolute atomic E-state index is 0.0598. The van der Waals surface area contributed by atoms with E-state index in [0.29, 0.717) is 36.3 Å². The Morgan fingerprint density at radius 1 is 1.13 bits per heavy atom. The molecule has 0 saturated carbocycles. The number of halogens is 1. The van der Waals surface area contributed by atoms with Gasteiger partial charge in [-0.1, -0.05) is 29.8 Å². The van der Waals surface area contributed by atoms with Gasteiger partial charge in [-0.2, -0.15) is 0 Å². The van der Waals surface area contributed by atoms with Crippen molar-refractivity contribution in [2.45, 2.75) is 6.04 Å². The first-order valence-corrected chi connectivity index (χ1v) is 10.2. The lowest BCUT2D eigenvalue weighted by Gasteiger charge is -2.34. The second kappa shape index (κ2) is 11.0. The van der Waals surface area contributed by atoms with E-state index in [1.807, 2.05) is 42.5 Å². The average molecular weight is 431 g/mol. The molecule has 1 heterocycles. The number of hydrogen-bond donors (Lipinski definition) is 1. The SMILES string of the molecule is COc1ccc(/C=C/C(=O)NCC(c2ccc(Cl)cc2)N2CCOCC2)cc1OC. The van der Waals surface area contributed by atoms with Crippen molar-refractivity contribution >= 4 is 23.6 Å². The van der Waals surface area contributed by atoms with Crippen LogP contribution in [0.5, 0.6) is 11.5 Å². The smallest absolute Gasteiger partial charge is 0.244 e. The van der Waals surface area contributed by atoms with Gasteiger partial charge in [-0.15, -0.1) is 0 Å². The molecule has 1 unspecified atom stereocenters. The minimum atomic E-state index is -0.156.